The highest BCUT2D eigenvalue weighted by Crippen LogP contribution is 2.32. The van der Waals surface area contributed by atoms with Crippen molar-refractivity contribution in [2.24, 2.45) is 5.73 Å². The minimum atomic E-state index is -0.796. The second-order valence-electron chi connectivity index (χ2n) is 6.36. The maximum Gasteiger partial charge on any atom is 0.112 e. The van der Waals surface area contributed by atoms with Crippen LogP contribution in [0, 0.1) is 6.92 Å². The number of hydrogen-bond donors (Lipinski definition) is 2. The fraction of sp³-hybridized carbons (Fsp3) is 0.421. The molecule has 0 aliphatic heterocycles. The molecule has 0 fully saturated rings. The normalized spacial score (nSPS) is 13.8. The first-order valence-electron chi connectivity index (χ1n) is 8.13. The van der Waals surface area contributed by atoms with E-state index < -0.39 is 5.60 Å². The van der Waals surface area contributed by atoms with Gasteiger partial charge in [0, 0.05) is 12.0 Å². The van der Waals surface area contributed by atoms with Crippen molar-refractivity contribution in [3.63, 3.8) is 0 Å². The molecule has 0 aliphatic carbocycles. The van der Waals surface area contributed by atoms with Gasteiger partial charge in [0.1, 0.15) is 11.5 Å². The molecule has 2 aromatic rings. The molecular weight excluding hydrogens is 286 g/mol. The van der Waals surface area contributed by atoms with Crippen LogP contribution in [0.25, 0.3) is 17.0 Å². The Morgan fingerprint density at radius 2 is 2.00 bits per heavy atom. The van der Waals surface area contributed by atoms with Gasteiger partial charge in [0.15, 0.2) is 0 Å². The van der Waals surface area contributed by atoms with Gasteiger partial charge in [-0.15, -0.1) is 0 Å². The van der Waals surface area contributed by atoms with Crippen molar-refractivity contribution in [2.75, 3.05) is 0 Å². The highest BCUT2D eigenvalue weighted by Gasteiger charge is 2.26. The van der Waals surface area contributed by atoms with Gasteiger partial charge in [-0.05, 0) is 25.8 Å². The fourth-order valence-corrected chi connectivity index (χ4v) is 2.73. The number of rotatable bonds is 6. The van der Waals surface area contributed by atoms with Crippen molar-refractivity contribution in [2.45, 2.75) is 52.7 Å². The number of nitrogens with two attached hydrogens (primary N) is 1. The summed E-state index contributed by atoms with van der Waals surface area (Å²) in [6, 6.07) is 8.15. The standard InChI is InChI=1S/C19H27N3O/c1-6-16-21-17(14(4)20)18(15-11-9-8-10-13(15)3)22(16)12-19(5,23)7-2/h8-11,23H,4,6-7,12,20H2,1-3,5H3. The van der Waals surface area contributed by atoms with Gasteiger partial charge in [-0.3, -0.25) is 0 Å². The average molecular weight is 313 g/mol. The van der Waals surface area contributed by atoms with Gasteiger partial charge in [-0.25, -0.2) is 4.98 Å². The van der Waals surface area contributed by atoms with Crippen molar-refractivity contribution >= 4 is 5.70 Å². The van der Waals surface area contributed by atoms with Gasteiger partial charge >= 0.3 is 0 Å². The Balaban J connectivity index is 2.73. The third-order valence-corrected chi connectivity index (χ3v) is 4.33. The Kier molecular flexibility index (Phi) is 4.95. The predicted octanol–water partition coefficient (Wildman–Crippen LogP) is 3.51. The Hall–Kier alpha value is -2.07. The highest BCUT2D eigenvalue weighted by atomic mass is 16.3. The Bertz CT molecular complexity index is 713. The summed E-state index contributed by atoms with van der Waals surface area (Å²) in [7, 11) is 0. The largest absolute Gasteiger partial charge is 0.397 e. The van der Waals surface area contributed by atoms with Crippen LogP contribution in [0.5, 0.6) is 0 Å². The van der Waals surface area contributed by atoms with Crippen molar-refractivity contribution in [1.29, 1.82) is 0 Å². The third kappa shape index (κ3) is 3.48. The Labute approximate surface area is 138 Å². The molecule has 23 heavy (non-hydrogen) atoms. The number of imidazole rings is 1. The smallest absolute Gasteiger partial charge is 0.112 e. The Morgan fingerprint density at radius 3 is 2.52 bits per heavy atom. The summed E-state index contributed by atoms with van der Waals surface area (Å²) in [4.78, 5) is 4.69. The lowest BCUT2D eigenvalue weighted by atomic mass is 10.0. The quantitative estimate of drug-likeness (QED) is 0.857. The summed E-state index contributed by atoms with van der Waals surface area (Å²) in [5, 5.41) is 10.6. The first kappa shape index (κ1) is 17.3. The van der Waals surface area contributed by atoms with E-state index in [9.17, 15) is 5.11 Å². The van der Waals surface area contributed by atoms with E-state index >= 15 is 0 Å². The number of hydrogen-bond acceptors (Lipinski definition) is 3. The van der Waals surface area contributed by atoms with Crippen LogP contribution in [0.4, 0.5) is 0 Å². The third-order valence-electron chi connectivity index (χ3n) is 4.33. The van der Waals surface area contributed by atoms with Gasteiger partial charge in [-0.1, -0.05) is 44.7 Å². The predicted molar refractivity (Wildman–Crippen MR) is 95.9 cm³/mol. The second-order valence-corrected chi connectivity index (χ2v) is 6.36. The summed E-state index contributed by atoms with van der Waals surface area (Å²) in [5.41, 5.74) is 9.54. The summed E-state index contributed by atoms with van der Waals surface area (Å²) in [6.45, 7) is 12.3. The second kappa shape index (κ2) is 6.59. The molecule has 4 nitrogen and oxygen atoms in total. The van der Waals surface area contributed by atoms with Crippen LogP contribution in [-0.2, 0) is 13.0 Å². The minimum Gasteiger partial charge on any atom is -0.397 e. The summed E-state index contributed by atoms with van der Waals surface area (Å²) < 4.78 is 2.10. The summed E-state index contributed by atoms with van der Waals surface area (Å²) >= 11 is 0. The first-order chi connectivity index (χ1) is 10.8. The van der Waals surface area contributed by atoms with E-state index in [4.69, 9.17) is 10.7 Å². The van der Waals surface area contributed by atoms with E-state index in [2.05, 4.69) is 37.1 Å². The molecule has 0 aliphatic rings. The van der Waals surface area contributed by atoms with E-state index in [0.29, 0.717) is 24.4 Å². The van der Waals surface area contributed by atoms with Gasteiger partial charge in [-0.2, -0.15) is 0 Å². The number of benzene rings is 1. The fourth-order valence-electron chi connectivity index (χ4n) is 2.73. The van der Waals surface area contributed by atoms with Crippen LogP contribution in [-0.4, -0.2) is 20.3 Å². The zero-order chi connectivity index (χ0) is 17.2. The molecule has 0 amide bonds. The van der Waals surface area contributed by atoms with E-state index in [1.54, 1.807) is 0 Å². The van der Waals surface area contributed by atoms with Crippen LogP contribution in [0.2, 0.25) is 0 Å². The highest BCUT2D eigenvalue weighted by molar-refractivity contribution is 5.77. The average Bonchev–Trinajstić information content (AvgIpc) is 2.86. The Morgan fingerprint density at radius 1 is 1.35 bits per heavy atom. The van der Waals surface area contributed by atoms with Crippen molar-refractivity contribution in [3.05, 3.63) is 47.9 Å². The molecule has 0 saturated carbocycles. The van der Waals surface area contributed by atoms with Gasteiger partial charge in [0.05, 0.1) is 23.5 Å². The van der Waals surface area contributed by atoms with Crippen LogP contribution < -0.4 is 5.73 Å². The molecule has 4 heteroatoms. The van der Waals surface area contributed by atoms with Crippen molar-refractivity contribution in [1.82, 2.24) is 9.55 Å². The van der Waals surface area contributed by atoms with Gasteiger partial charge in [0.25, 0.3) is 0 Å². The molecule has 0 spiro atoms. The van der Waals surface area contributed by atoms with E-state index in [0.717, 1.165) is 29.1 Å². The van der Waals surface area contributed by atoms with Gasteiger partial charge < -0.3 is 15.4 Å². The lowest BCUT2D eigenvalue weighted by Gasteiger charge is -2.25. The minimum absolute atomic E-state index is 0.452. The molecule has 1 atom stereocenters. The van der Waals surface area contributed by atoms with Crippen molar-refractivity contribution in [3.8, 4) is 11.3 Å². The number of aryl methyl sites for hydroxylation is 2. The molecule has 0 bridgehead atoms. The van der Waals surface area contributed by atoms with Crippen LogP contribution >= 0.6 is 0 Å². The van der Waals surface area contributed by atoms with E-state index in [-0.39, 0.29) is 0 Å². The lowest BCUT2D eigenvalue weighted by molar-refractivity contribution is 0.0376. The molecule has 1 heterocycles. The maximum absolute atomic E-state index is 10.6. The van der Waals surface area contributed by atoms with E-state index in [1.807, 2.05) is 26.0 Å². The molecule has 0 radical (unpaired) electrons. The van der Waals surface area contributed by atoms with Crippen molar-refractivity contribution < 1.29 is 5.11 Å². The number of aliphatic hydroxyl groups is 1. The maximum atomic E-state index is 10.6. The van der Waals surface area contributed by atoms with E-state index in [1.165, 1.54) is 0 Å². The molecule has 3 N–H and O–H groups in total. The summed E-state index contributed by atoms with van der Waals surface area (Å²) in [6.07, 6.45) is 1.44. The molecular formula is C19H27N3O. The van der Waals surface area contributed by atoms with Gasteiger partial charge in [0.2, 0.25) is 0 Å². The molecule has 1 aromatic heterocycles. The summed E-state index contributed by atoms with van der Waals surface area (Å²) in [5.74, 6) is 0.915. The molecule has 124 valence electrons. The zero-order valence-corrected chi connectivity index (χ0v) is 14.6. The van der Waals surface area contributed by atoms with Crippen LogP contribution in [0.15, 0.2) is 30.8 Å². The zero-order valence-electron chi connectivity index (χ0n) is 14.6. The number of aromatic nitrogens is 2. The topological polar surface area (TPSA) is 64.1 Å². The first-order valence-corrected chi connectivity index (χ1v) is 8.13. The molecule has 0 saturated heterocycles. The van der Waals surface area contributed by atoms with Crippen LogP contribution in [0.3, 0.4) is 0 Å². The molecule has 1 unspecified atom stereocenters. The SMILES string of the molecule is C=C(N)c1nc(CC)n(CC(C)(O)CC)c1-c1ccccc1C. The monoisotopic (exact) mass is 313 g/mol. The molecule has 2 rings (SSSR count). The molecule has 1 aromatic carbocycles. The number of nitrogens with zero attached hydrogens (tertiary/aromatic N) is 2. The van der Waals surface area contributed by atoms with Crippen LogP contribution in [0.1, 0.15) is 44.3 Å². The lowest BCUT2D eigenvalue weighted by Crippen LogP contribution is -2.30.